The number of nitro groups is 1. The number of hydrogen-bond acceptors (Lipinski definition) is 17. The SMILES string of the molecule is Cc1ccc(COc2cc(S(=O)(=O)O)cc3c(S(=O)(=O)O)c(/N=N/c4cc(S(=O)(=O)O)c5ccc(/N=N/c6ccc([N+](=O)[O-])cc6S(=O)(=O)O)c(O)c5c4N)ccc23)cc1. The minimum atomic E-state index is -5.35. The summed E-state index contributed by atoms with van der Waals surface area (Å²) >= 11 is 0. The molecule has 6 aromatic carbocycles. The zero-order chi connectivity index (χ0) is 44.1. The number of fused-ring (bicyclic) bond motifs is 2. The van der Waals surface area contributed by atoms with Crippen molar-refractivity contribution in [1.29, 1.82) is 0 Å². The van der Waals surface area contributed by atoms with E-state index in [1.165, 1.54) is 6.07 Å². The monoisotopic (exact) mass is 902 g/mol. The largest absolute Gasteiger partial charge is 0.505 e. The summed E-state index contributed by atoms with van der Waals surface area (Å²) in [6.07, 6.45) is 0. The predicted octanol–water partition coefficient (Wildman–Crippen LogP) is 6.89. The average molecular weight is 903 g/mol. The zero-order valence-electron chi connectivity index (χ0n) is 30.0. The Kier molecular flexibility index (Phi) is 11.2. The zero-order valence-corrected chi connectivity index (χ0v) is 33.2. The standard InChI is InChI=1S/C34H26N6O16S4/c1-17-2-4-18(5-3-17)16-56-28-14-20(57(44,45)46)13-23-21(28)7-11-26(34(23)60(53,54)55)38-39-27-15-29(58(47,48)49)22-8-10-25(33(41)31(22)32(27)35)37-36-24-9-6-19(40(42)43)12-30(24)59(50,51)52/h2-15,41H,16,35H2,1H3,(H,44,45,46)(H,47,48,49)(H,50,51,52)(H,53,54,55)/b37-36+,39-38+. The molecule has 26 heteroatoms. The summed E-state index contributed by atoms with van der Waals surface area (Å²) in [6, 6.07) is 15.7. The lowest BCUT2D eigenvalue weighted by Gasteiger charge is -2.14. The van der Waals surface area contributed by atoms with E-state index in [0.717, 1.165) is 48.0 Å². The van der Waals surface area contributed by atoms with Crippen LogP contribution in [0, 0.1) is 17.0 Å². The van der Waals surface area contributed by atoms with Gasteiger partial charge in [0.1, 0.15) is 49.8 Å². The first-order valence-electron chi connectivity index (χ1n) is 16.2. The minimum Gasteiger partial charge on any atom is -0.505 e. The molecule has 0 atom stereocenters. The van der Waals surface area contributed by atoms with E-state index in [4.69, 9.17) is 10.5 Å². The number of nitrogens with zero attached hydrogens (tertiary/aromatic N) is 5. The van der Waals surface area contributed by atoms with Gasteiger partial charge in [-0.1, -0.05) is 35.9 Å². The highest BCUT2D eigenvalue weighted by Crippen LogP contribution is 2.46. The smallest absolute Gasteiger partial charge is 0.297 e. The van der Waals surface area contributed by atoms with Gasteiger partial charge in [0.15, 0.2) is 5.75 Å². The van der Waals surface area contributed by atoms with Crippen LogP contribution >= 0.6 is 0 Å². The van der Waals surface area contributed by atoms with E-state index in [0.29, 0.717) is 17.7 Å². The van der Waals surface area contributed by atoms with Crippen molar-refractivity contribution in [3.63, 3.8) is 0 Å². The van der Waals surface area contributed by atoms with E-state index in [1.807, 2.05) is 6.92 Å². The van der Waals surface area contributed by atoms with Crippen molar-refractivity contribution >= 4 is 96.1 Å². The summed E-state index contributed by atoms with van der Waals surface area (Å²) in [5.74, 6) is -1.19. The Bertz CT molecular complexity index is 3320. The van der Waals surface area contributed by atoms with Crippen LogP contribution in [-0.4, -0.2) is 61.9 Å². The topological polar surface area (TPSA) is 366 Å². The number of non-ortho nitro benzene ring substituents is 1. The van der Waals surface area contributed by atoms with E-state index >= 15 is 0 Å². The van der Waals surface area contributed by atoms with Gasteiger partial charge in [0.25, 0.3) is 46.2 Å². The van der Waals surface area contributed by atoms with Crippen molar-refractivity contribution in [1.82, 2.24) is 0 Å². The lowest BCUT2D eigenvalue weighted by molar-refractivity contribution is -0.385. The van der Waals surface area contributed by atoms with Gasteiger partial charge in [-0.25, -0.2) is 0 Å². The Morgan fingerprint density at radius 2 is 1.20 bits per heavy atom. The molecule has 0 saturated carbocycles. The van der Waals surface area contributed by atoms with Crippen LogP contribution in [0.4, 0.5) is 34.1 Å². The van der Waals surface area contributed by atoms with Crippen molar-refractivity contribution in [3.05, 3.63) is 106 Å². The first-order chi connectivity index (χ1) is 27.8. The Labute approximate surface area is 338 Å². The molecule has 0 spiro atoms. The predicted molar refractivity (Wildman–Crippen MR) is 210 cm³/mol. The first-order valence-corrected chi connectivity index (χ1v) is 22.0. The maximum absolute atomic E-state index is 12.9. The Morgan fingerprint density at radius 3 is 1.80 bits per heavy atom. The normalized spacial score (nSPS) is 12.8. The van der Waals surface area contributed by atoms with Gasteiger partial charge in [0.05, 0.1) is 20.9 Å². The fraction of sp³-hybridized carbons (Fsp3) is 0.0588. The summed E-state index contributed by atoms with van der Waals surface area (Å²) in [5.41, 5.74) is 4.00. The molecular weight excluding hydrogens is 877 g/mol. The molecule has 6 rings (SSSR count). The number of nitrogen functional groups attached to an aromatic ring is 1. The average Bonchev–Trinajstić information content (AvgIpc) is 3.14. The lowest BCUT2D eigenvalue weighted by Crippen LogP contribution is -2.05. The number of nitro benzene ring substituents is 1. The van der Waals surface area contributed by atoms with Gasteiger partial charge in [-0.15, -0.1) is 20.5 Å². The van der Waals surface area contributed by atoms with E-state index in [-0.39, 0.29) is 17.7 Å². The molecule has 0 fully saturated rings. The van der Waals surface area contributed by atoms with E-state index < -0.39 is 121 Å². The van der Waals surface area contributed by atoms with Crippen LogP contribution in [0.25, 0.3) is 21.5 Å². The van der Waals surface area contributed by atoms with E-state index in [9.17, 15) is 67.1 Å². The van der Waals surface area contributed by atoms with Crippen LogP contribution in [0.1, 0.15) is 11.1 Å². The highest BCUT2D eigenvalue weighted by atomic mass is 32.2. The molecule has 0 heterocycles. The van der Waals surface area contributed by atoms with Gasteiger partial charge in [-0.2, -0.15) is 33.7 Å². The lowest BCUT2D eigenvalue weighted by atomic mass is 10.1. The summed E-state index contributed by atoms with van der Waals surface area (Å²) in [7, 11) is -20.7. The van der Waals surface area contributed by atoms with E-state index in [2.05, 4.69) is 20.5 Å². The summed E-state index contributed by atoms with van der Waals surface area (Å²) in [6.45, 7) is 1.69. The Balaban J connectivity index is 1.51. The maximum atomic E-state index is 12.9. The number of nitrogens with two attached hydrogens (primary N) is 1. The quantitative estimate of drug-likeness (QED) is 0.0239. The summed E-state index contributed by atoms with van der Waals surface area (Å²) < 4.78 is 145. The molecule has 0 aromatic heterocycles. The molecule has 22 nitrogen and oxygen atoms in total. The van der Waals surface area contributed by atoms with Gasteiger partial charge in [0, 0.05) is 34.4 Å². The molecule has 0 aliphatic heterocycles. The molecule has 60 heavy (non-hydrogen) atoms. The highest BCUT2D eigenvalue weighted by molar-refractivity contribution is 7.87. The molecule has 0 amide bonds. The third kappa shape index (κ3) is 8.89. The second-order valence-electron chi connectivity index (χ2n) is 12.6. The number of anilines is 1. The van der Waals surface area contributed by atoms with Gasteiger partial charge < -0.3 is 15.6 Å². The fourth-order valence-corrected chi connectivity index (χ4v) is 8.46. The molecule has 0 bridgehead atoms. The van der Waals surface area contributed by atoms with Gasteiger partial charge in [-0.05, 0) is 48.9 Å². The van der Waals surface area contributed by atoms with Gasteiger partial charge in [-0.3, -0.25) is 28.3 Å². The molecule has 312 valence electrons. The van der Waals surface area contributed by atoms with E-state index in [1.54, 1.807) is 24.3 Å². The number of phenols is 1. The second-order valence-corrected chi connectivity index (χ2v) is 18.1. The molecule has 6 aromatic rings. The van der Waals surface area contributed by atoms with Crippen LogP contribution < -0.4 is 10.5 Å². The number of rotatable bonds is 12. The van der Waals surface area contributed by atoms with Crippen molar-refractivity contribution in [2.75, 3.05) is 5.73 Å². The molecule has 0 unspecified atom stereocenters. The summed E-state index contributed by atoms with van der Waals surface area (Å²) in [5, 5.41) is 35.8. The van der Waals surface area contributed by atoms with Crippen molar-refractivity contribution in [2.24, 2.45) is 20.5 Å². The molecule has 0 aliphatic rings. The third-order valence-electron chi connectivity index (χ3n) is 8.55. The highest BCUT2D eigenvalue weighted by Gasteiger charge is 2.27. The number of ether oxygens (including phenoxy) is 1. The first kappa shape index (κ1) is 43.1. The molecule has 7 N–H and O–H groups in total. The molecule has 0 saturated heterocycles. The minimum absolute atomic E-state index is 0.0796. The maximum Gasteiger partial charge on any atom is 0.297 e. The van der Waals surface area contributed by atoms with Crippen molar-refractivity contribution < 1.29 is 66.6 Å². The van der Waals surface area contributed by atoms with Crippen molar-refractivity contribution in [3.8, 4) is 11.5 Å². The third-order valence-corrected chi connectivity index (χ3v) is 12.1. The number of aromatic hydroxyl groups is 1. The fourth-order valence-electron chi connectivity index (χ4n) is 5.76. The molecule has 0 radical (unpaired) electrons. The number of azo groups is 2. The number of aryl methyl sites for hydroxylation is 1. The second kappa shape index (κ2) is 15.6. The van der Waals surface area contributed by atoms with Gasteiger partial charge in [0.2, 0.25) is 0 Å². The number of hydrogen-bond donors (Lipinski definition) is 6. The van der Waals surface area contributed by atoms with Crippen LogP contribution in [0.3, 0.4) is 0 Å². The molecule has 0 aliphatic carbocycles. The number of benzene rings is 6. The Morgan fingerprint density at radius 1 is 0.633 bits per heavy atom. The van der Waals surface area contributed by atoms with Crippen LogP contribution in [-0.2, 0) is 47.1 Å². The van der Waals surface area contributed by atoms with Crippen LogP contribution in [0.5, 0.6) is 11.5 Å². The summed E-state index contributed by atoms with van der Waals surface area (Å²) in [4.78, 5) is 6.36. The van der Waals surface area contributed by atoms with Crippen LogP contribution in [0.15, 0.2) is 125 Å². The number of phenolic OH excluding ortho intramolecular Hbond substituents is 1. The molecular formula is C34H26N6O16S4. The Hall–Kier alpha value is -6.52. The van der Waals surface area contributed by atoms with Crippen molar-refractivity contribution in [2.45, 2.75) is 33.1 Å². The van der Waals surface area contributed by atoms with Gasteiger partial charge >= 0.3 is 0 Å². The van der Waals surface area contributed by atoms with Crippen LogP contribution in [0.2, 0.25) is 0 Å².